The maximum absolute atomic E-state index is 13.5. The second-order valence-electron chi connectivity index (χ2n) is 6.61. The van der Waals surface area contributed by atoms with E-state index in [9.17, 15) is 13.2 Å². The number of para-hydroxylation sites is 1. The van der Waals surface area contributed by atoms with E-state index in [1.54, 1.807) is 23.1 Å². The van der Waals surface area contributed by atoms with Gasteiger partial charge in [0, 0.05) is 6.26 Å². The lowest BCUT2D eigenvalue weighted by molar-refractivity contribution is 0.0982. The highest BCUT2D eigenvalue weighted by molar-refractivity contribution is 7.90. The molecular formula is C22H18N2O3S2. The molecule has 0 atom stereocenters. The number of amides is 1. The summed E-state index contributed by atoms with van der Waals surface area (Å²) in [7, 11) is -3.56. The van der Waals surface area contributed by atoms with Gasteiger partial charge in [0.25, 0.3) is 5.91 Å². The summed E-state index contributed by atoms with van der Waals surface area (Å²) in [5.41, 5.74) is 1.87. The van der Waals surface area contributed by atoms with Crippen LogP contribution in [0.1, 0.15) is 15.9 Å². The lowest BCUT2D eigenvalue weighted by Gasteiger charge is -2.21. The summed E-state index contributed by atoms with van der Waals surface area (Å²) in [4.78, 5) is 19.7. The molecule has 0 saturated carbocycles. The average Bonchev–Trinajstić information content (AvgIpc) is 3.15. The third-order valence-corrected chi connectivity index (χ3v) is 6.67. The zero-order chi connectivity index (χ0) is 20.4. The molecular weight excluding hydrogens is 404 g/mol. The van der Waals surface area contributed by atoms with Crippen LogP contribution in [0.3, 0.4) is 0 Å². The number of nitrogens with zero attached hydrogens (tertiary/aromatic N) is 2. The van der Waals surface area contributed by atoms with Crippen molar-refractivity contribution in [3.05, 3.63) is 90.0 Å². The van der Waals surface area contributed by atoms with Gasteiger partial charge in [-0.15, -0.1) is 0 Å². The molecule has 0 N–H and O–H groups in total. The lowest BCUT2D eigenvalue weighted by atomic mass is 10.1. The second-order valence-corrected chi connectivity index (χ2v) is 9.60. The third-order valence-electron chi connectivity index (χ3n) is 4.46. The Morgan fingerprint density at radius 2 is 1.59 bits per heavy atom. The predicted molar refractivity (Wildman–Crippen MR) is 116 cm³/mol. The van der Waals surface area contributed by atoms with Gasteiger partial charge in [-0.25, -0.2) is 13.4 Å². The van der Waals surface area contributed by atoms with Gasteiger partial charge in [0.2, 0.25) is 0 Å². The van der Waals surface area contributed by atoms with Gasteiger partial charge in [0.1, 0.15) is 0 Å². The van der Waals surface area contributed by atoms with E-state index < -0.39 is 15.7 Å². The Bertz CT molecular complexity index is 1250. The number of carbonyl (C=O) groups excluding carboxylic acids is 1. The number of aromatic nitrogens is 1. The van der Waals surface area contributed by atoms with E-state index in [2.05, 4.69) is 4.98 Å². The Kier molecular flexibility index (Phi) is 5.17. The number of fused-ring (bicyclic) bond motifs is 1. The minimum absolute atomic E-state index is 0.0178. The van der Waals surface area contributed by atoms with Crippen LogP contribution in [0.15, 0.2) is 83.8 Å². The SMILES string of the molecule is CS(=O)(=O)c1ccccc1C(=O)N(Cc1ccccc1)c1nc2ccccc2s1. The van der Waals surface area contributed by atoms with Crippen molar-refractivity contribution in [3.63, 3.8) is 0 Å². The van der Waals surface area contributed by atoms with Crippen LogP contribution in [0.5, 0.6) is 0 Å². The van der Waals surface area contributed by atoms with E-state index in [0.29, 0.717) is 5.13 Å². The molecule has 7 heteroatoms. The molecule has 4 rings (SSSR count). The van der Waals surface area contributed by atoms with Crippen molar-refractivity contribution in [2.45, 2.75) is 11.4 Å². The number of carbonyl (C=O) groups is 1. The summed E-state index contributed by atoms with van der Waals surface area (Å²) in [6, 6.07) is 23.5. The van der Waals surface area contributed by atoms with Crippen LogP contribution < -0.4 is 4.90 Å². The highest BCUT2D eigenvalue weighted by Gasteiger charge is 2.26. The summed E-state index contributed by atoms with van der Waals surface area (Å²) in [5.74, 6) is -0.395. The number of thiazole rings is 1. The second kappa shape index (κ2) is 7.77. The van der Waals surface area contributed by atoms with Gasteiger partial charge in [-0.1, -0.05) is 65.9 Å². The molecule has 146 valence electrons. The van der Waals surface area contributed by atoms with E-state index >= 15 is 0 Å². The Morgan fingerprint density at radius 3 is 2.31 bits per heavy atom. The molecule has 0 unspecified atom stereocenters. The van der Waals surface area contributed by atoms with Gasteiger partial charge < -0.3 is 0 Å². The van der Waals surface area contributed by atoms with Gasteiger partial charge in [0.05, 0.1) is 27.2 Å². The first-order chi connectivity index (χ1) is 13.9. The van der Waals surface area contributed by atoms with Crippen LogP contribution in [0, 0.1) is 0 Å². The molecule has 5 nitrogen and oxygen atoms in total. The van der Waals surface area contributed by atoms with Crippen LogP contribution in [0.25, 0.3) is 10.2 Å². The van der Waals surface area contributed by atoms with Crippen LogP contribution in [-0.2, 0) is 16.4 Å². The zero-order valence-electron chi connectivity index (χ0n) is 15.6. The highest BCUT2D eigenvalue weighted by atomic mass is 32.2. The first-order valence-electron chi connectivity index (χ1n) is 8.94. The van der Waals surface area contributed by atoms with Crippen LogP contribution in [-0.4, -0.2) is 25.6 Å². The van der Waals surface area contributed by atoms with Gasteiger partial charge in [-0.05, 0) is 29.8 Å². The Morgan fingerprint density at radius 1 is 0.931 bits per heavy atom. The van der Waals surface area contributed by atoms with Crippen molar-refractivity contribution < 1.29 is 13.2 Å². The first-order valence-corrected chi connectivity index (χ1v) is 11.6. The summed E-state index contributed by atoms with van der Waals surface area (Å²) < 4.78 is 25.4. The molecule has 1 heterocycles. The van der Waals surface area contributed by atoms with Crippen LogP contribution in [0.4, 0.5) is 5.13 Å². The number of rotatable bonds is 5. The molecule has 0 bridgehead atoms. The number of anilines is 1. The smallest absolute Gasteiger partial charge is 0.261 e. The molecule has 0 aliphatic heterocycles. The fraction of sp³-hybridized carbons (Fsp3) is 0.0909. The van der Waals surface area contributed by atoms with Crippen molar-refractivity contribution in [1.29, 1.82) is 0 Å². The van der Waals surface area contributed by atoms with Gasteiger partial charge in [0.15, 0.2) is 15.0 Å². The topological polar surface area (TPSA) is 67.3 Å². The predicted octanol–water partition coefficient (Wildman–Crippen LogP) is 4.55. The summed E-state index contributed by atoms with van der Waals surface area (Å²) in [6.07, 6.45) is 1.11. The van der Waals surface area contributed by atoms with E-state index in [4.69, 9.17) is 0 Å². The summed E-state index contributed by atoms with van der Waals surface area (Å²) >= 11 is 1.41. The first kappa shape index (κ1) is 19.3. The molecule has 29 heavy (non-hydrogen) atoms. The zero-order valence-corrected chi connectivity index (χ0v) is 17.3. The maximum Gasteiger partial charge on any atom is 0.261 e. The van der Waals surface area contributed by atoms with Gasteiger partial charge in [-0.3, -0.25) is 9.69 Å². The van der Waals surface area contributed by atoms with Crippen molar-refractivity contribution in [2.24, 2.45) is 0 Å². The summed E-state index contributed by atoms with van der Waals surface area (Å²) in [6.45, 7) is 0.289. The lowest BCUT2D eigenvalue weighted by Crippen LogP contribution is -2.31. The van der Waals surface area contributed by atoms with Crippen molar-refractivity contribution in [3.8, 4) is 0 Å². The Labute approximate surface area is 173 Å². The number of hydrogen-bond donors (Lipinski definition) is 0. The van der Waals surface area contributed by atoms with Crippen LogP contribution >= 0.6 is 11.3 Å². The van der Waals surface area contributed by atoms with Gasteiger partial charge in [-0.2, -0.15) is 0 Å². The molecule has 0 aliphatic rings. The number of hydrogen-bond acceptors (Lipinski definition) is 5. The molecule has 1 amide bonds. The molecule has 0 radical (unpaired) electrons. The molecule has 1 aromatic heterocycles. The monoisotopic (exact) mass is 422 g/mol. The maximum atomic E-state index is 13.5. The highest BCUT2D eigenvalue weighted by Crippen LogP contribution is 2.31. The van der Waals surface area contributed by atoms with Crippen molar-refractivity contribution >= 4 is 42.4 Å². The fourth-order valence-corrected chi connectivity index (χ4v) is 4.92. The fourth-order valence-electron chi connectivity index (χ4n) is 3.08. The Balaban J connectivity index is 1.83. The van der Waals surface area contributed by atoms with E-state index in [1.165, 1.54) is 17.4 Å². The quantitative estimate of drug-likeness (QED) is 0.473. The van der Waals surface area contributed by atoms with Crippen molar-refractivity contribution in [2.75, 3.05) is 11.2 Å². The summed E-state index contributed by atoms with van der Waals surface area (Å²) in [5, 5.41) is 0.531. The molecule has 0 fully saturated rings. The molecule has 4 aromatic rings. The molecule has 0 spiro atoms. The largest absolute Gasteiger partial charge is 0.279 e. The van der Waals surface area contributed by atoms with Crippen molar-refractivity contribution in [1.82, 2.24) is 4.98 Å². The molecule has 0 aliphatic carbocycles. The third kappa shape index (κ3) is 4.06. The Hall–Kier alpha value is -3.03. The van der Waals surface area contributed by atoms with Gasteiger partial charge >= 0.3 is 0 Å². The van der Waals surface area contributed by atoms with Crippen LogP contribution in [0.2, 0.25) is 0 Å². The number of sulfone groups is 1. The van der Waals surface area contributed by atoms with E-state index in [-0.39, 0.29) is 17.0 Å². The minimum Gasteiger partial charge on any atom is -0.279 e. The van der Waals surface area contributed by atoms with E-state index in [0.717, 1.165) is 22.0 Å². The molecule has 0 saturated heterocycles. The molecule has 3 aromatic carbocycles. The number of benzene rings is 3. The van der Waals surface area contributed by atoms with E-state index in [1.807, 2.05) is 54.6 Å². The minimum atomic E-state index is -3.56. The standard InChI is InChI=1S/C22H18N2O3S2/c1-29(26,27)20-14-8-5-11-17(20)21(25)24(15-16-9-3-2-4-10-16)22-23-18-12-6-7-13-19(18)28-22/h2-14H,15H2,1H3. The average molecular weight is 423 g/mol. The normalized spacial score (nSPS) is 11.5.